The zero-order chi connectivity index (χ0) is 16.3. The molecule has 21 heavy (non-hydrogen) atoms. The van der Waals surface area contributed by atoms with E-state index < -0.39 is 5.54 Å². The van der Waals surface area contributed by atoms with Crippen LogP contribution in [0.2, 0.25) is 0 Å². The van der Waals surface area contributed by atoms with Crippen LogP contribution in [0.5, 0.6) is 0 Å². The van der Waals surface area contributed by atoms with Crippen LogP contribution in [0.4, 0.5) is 0 Å². The first-order chi connectivity index (χ1) is 9.54. The van der Waals surface area contributed by atoms with Gasteiger partial charge in [-0.05, 0) is 43.9 Å². The lowest BCUT2D eigenvalue weighted by Gasteiger charge is -2.29. The number of nitrogens with one attached hydrogen (secondary N) is 1. The lowest BCUT2D eigenvalue weighted by molar-refractivity contribution is -0.123. The summed E-state index contributed by atoms with van der Waals surface area (Å²) in [5.41, 5.74) is 6.32. The maximum absolute atomic E-state index is 11.7. The summed E-state index contributed by atoms with van der Waals surface area (Å²) in [6.45, 7) is 12.5. The van der Waals surface area contributed by atoms with E-state index in [2.05, 4.69) is 50.4 Å². The second-order valence-corrected chi connectivity index (χ2v) is 8.11. The predicted molar refractivity (Wildman–Crippen MR) is 91.7 cm³/mol. The summed E-state index contributed by atoms with van der Waals surface area (Å²) in [5, 5.41) is 3.27. The Hall–Kier alpha value is -1.00. The van der Waals surface area contributed by atoms with Crippen molar-refractivity contribution in [1.82, 2.24) is 5.32 Å². The highest BCUT2D eigenvalue weighted by molar-refractivity contribution is 7.99. The molecule has 1 atom stereocenters. The van der Waals surface area contributed by atoms with Gasteiger partial charge in [0.15, 0.2) is 0 Å². The average molecular weight is 308 g/mol. The van der Waals surface area contributed by atoms with Gasteiger partial charge in [-0.25, -0.2) is 0 Å². The fourth-order valence-electron chi connectivity index (χ4n) is 2.10. The van der Waals surface area contributed by atoms with E-state index in [4.69, 9.17) is 5.73 Å². The molecule has 0 bridgehead atoms. The minimum absolute atomic E-state index is 0.157. The largest absolute Gasteiger partial charge is 0.368 e. The predicted octanol–water partition coefficient (Wildman–Crippen LogP) is 3.32. The third-order valence-electron chi connectivity index (χ3n) is 3.40. The number of primary amides is 1. The first-order valence-corrected chi connectivity index (χ1v) is 8.34. The van der Waals surface area contributed by atoms with Gasteiger partial charge in [-0.1, -0.05) is 32.9 Å². The standard InChI is InChI=1S/C17H28N2OS/c1-12(2)19-17(6,15(18)20)11-21-14-9-7-13(8-10-14)16(3,4)5/h7-10,12,19H,11H2,1-6H3,(H2,18,20). The monoisotopic (exact) mass is 308 g/mol. The molecule has 0 heterocycles. The van der Waals surface area contributed by atoms with Crippen molar-refractivity contribution >= 4 is 17.7 Å². The molecule has 0 spiro atoms. The van der Waals surface area contributed by atoms with Crippen LogP contribution in [0.25, 0.3) is 0 Å². The van der Waals surface area contributed by atoms with E-state index in [0.29, 0.717) is 5.75 Å². The van der Waals surface area contributed by atoms with Gasteiger partial charge in [0.1, 0.15) is 5.54 Å². The highest BCUT2D eigenvalue weighted by Crippen LogP contribution is 2.27. The van der Waals surface area contributed by atoms with Gasteiger partial charge in [-0.15, -0.1) is 11.8 Å². The van der Waals surface area contributed by atoms with Crippen LogP contribution in [0, 0.1) is 0 Å². The summed E-state index contributed by atoms with van der Waals surface area (Å²) < 4.78 is 0. The number of amides is 1. The van der Waals surface area contributed by atoms with Crippen LogP contribution < -0.4 is 11.1 Å². The molecule has 1 rings (SSSR count). The Morgan fingerprint density at radius 2 is 1.71 bits per heavy atom. The zero-order valence-corrected chi connectivity index (χ0v) is 14.8. The SMILES string of the molecule is CC(C)NC(C)(CSc1ccc(C(C)(C)C)cc1)C(N)=O. The molecule has 0 radical (unpaired) electrons. The molecule has 1 aromatic rings. The molecule has 0 aliphatic rings. The lowest BCUT2D eigenvalue weighted by Crippen LogP contribution is -2.57. The Labute approximate surface area is 133 Å². The van der Waals surface area contributed by atoms with Crippen LogP contribution in [-0.4, -0.2) is 23.2 Å². The van der Waals surface area contributed by atoms with Gasteiger partial charge in [0.05, 0.1) is 0 Å². The Morgan fingerprint density at radius 1 is 1.19 bits per heavy atom. The molecule has 1 aromatic carbocycles. The second-order valence-electron chi connectivity index (χ2n) is 7.06. The second kappa shape index (κ2) is 6.84. The van der Waals surface area contributed by atoms with Gasteiger partial charge < -0.3 is 11.1 Å². The first kappa shape index (κ1) is 18.1. The lowest BCUT2D eigenvalue weighted by atomic mass is 9.87. The number of carbonyl (C=O) groups is 1. The van der Waals surface area contributed by atoms with E-state index in [1.165, 1.54) is 5.56 Å². The fraction of sp³-hybridized carbons (Fsp3) is 0.588. The van der Waals surface area contributed by atoms with Crippen molar-refractivity contribution in [2.24, 2.45) is 5.73 Å². The Kier molecular flexibility index (Phi) is 5.88. The maximum Gasteiger partial charge on any atom is 0.238 e. The molecule has 0 saturated carbocycles. The number of benzene rings is 1. The molecule has 1 unspecified atom stereocenters. The molecule has 0 saturated heterocycles. The van der Waals surface area contributed by atoms with Crippen LogP contribution in [0.1, 0.15) is 47.1 Å². The van der Waals surface area contributed by atoms with E-state index in [1.54, 1.807) is 11.8 Å². The van der Waals surface area contributed by atoms with Gasteiger partial charge in [0, 0.05) is 16.7 Å². The van der Waals surface area contributed by atoms with Crippen LogP contribution in [0.15, 0.2) is 29.2 Å². The Morgan fingerprint density at radius 3 is 2.10 bits per heavy atom. The van der Waals surface area contributed by atoms with E-state index in [9.17, 15) is 4.79 Å². The van der Waals surface area contributed by atoms with Crippen LogP contribution in [-0.2, 0) is 10.2 Å². The Bertz CT molecular complexity index is 477. The molecule has 0 aliphatic carbocycles. The van der Waals surface area contributed by atoms with E-state index in [0.717, 1.165) is 4.90 Å². The fourth-order valence-corrected chi connectivity index (χ4v) is 3.11. The van der Waals surface area contributed by atoms with Crippen molar-refractivity contribution in [3.8, 4) is 0 Å². The summed E-state index contributed by atoms with van der Waals surface area (Å²) >= 11 is 1.65. The normalized spacial score (nSPS) is 15.0. The van der Waals surface area contributed by atoms with Crippen molar-refractivity contribution in [3.63, 3.8) is 0 Å². The van der Waals surface area contributed by atoms with Crippen molar-refractivity contribution < 1.29 is 4.79 Å². The van der Waals surface area contributed by atoms with Crippen molar-refractivity contribution in [3.05, 3.63) is 29.8 Å². The molecular formula is C17H28N2OS. The topological polar surface area (TPSA) is 55.1 Å². The average Bonchev–Trinajstić information content (AvgIpc) is 2.35. The van der Waals surface area contributed by atoms with Gasteiger partial charge >= 0.3 is 0 Å². The van der Waals surface area contributed by atoms with Crippen LogP contribution >= 0.6 is 11.8 Å². The van der Waals surface area contributed by atoms with Gasteiger partial charge in [0.2, 0.25) is 5.91 Å². The summed E-state index contributed by atoms with van der Waals surface area (Å²) in [4.78, 5) is 12.9. The maximum atomic E-state index is 11.7. The minimum atomic E-state index is -0.693. The van der Waals surface area contributed by atoms with Gasteiger partial charge in [0.25, 0.3) is 0 Å². The van der Waals surface area contributed by atoms with Gasteiger partial charge in [-0.2, -0.15) is 0 Å². The summed E-state index contributed by atoms with van der Waals surface area (Å²) in [7, 11) is 0. The molecule has 4 heteroatoms. The Balaban J connectivity index is 2.75. The van der Waals surface area contributed by atoms with E-state index >= 15 is 0 Å². The summed E-state index contributed by atoms with van der Waals surface area (Å²) in [5.74, 6) is 0.310. The first-order valence-electron chi connectivity index (χ1n) is 7.35. The number of thioether (sulfide) groups is 1. The smallest absolute Gasteiger partial charge is 0.238 e. The molecular weight excluding hydrogens is 280 g/mol. The molecule has 118 valence electrons. The van der Waals surface area contributed by atoms with Gasteiger partial charge in [-0.3, -0.25) is 4.79 Å². The van der Waals surface area contributed by atoms with E-state index in [-0.39, 0.29) is 17.4 Å². The molecule has 3 nitrogen and oxygen atoms in total. The van der Waals surface area contributed by atoms with Crippen LogP contribution in [0.3, 0.4) is 0 Å². The number of hydrogen-bond acceptors (Lipinski definition) is 3. The number of carbonyl (C=O) groups excluding carboxylic acids is 1. The quantitative estimate of drug-likeness (QED) is 0.793. The highest BCUT2D eigenvalue weighted by Gasteiger charge is 2.31. The number of nitrogens with two attached hydrogens (primary N) is 1. The summed E-state index contributed by atoms with van der Waals surface area (Å²) in [6, 6.07) is 8.75. The zero-order valence-electron chi connectivity index (χ0n) is 14.0. The molecule has 0 fully saturated rings. The van der Waals surface area contributed by atoms with Crippen molar-refractivity contribution in [2.75, 3.05) is 5.75 Å². The molecule has 0 aromatic heterocycles. The number of hydrogen-bond donors (Lipinski definition) is 2. The minimum Gasteiger partial charge on any atom is -0.368 e. The van der Waals surface area contributed by atoms with E-state index in [1.807, 2.05) is 20.8 Å². The molecule has 3 N–H and O–H groups in total. The third kappa shape index (κ3) is 5.36. The molecule has 0 aliphatic heterocycles. The highest BCUT2D eigenvalue weighted by atomic mass is 32.2. The van der Waals surface area contributed by atoms with Crippen molar-refractivity contribution in [2.45, 2.75) is 63.4 Å². The third-order valence-corrected chi connectivity index (χ3v) is 4.73. The number of rotatable bonds is 6. The summed E-state index contributed by atoms with van der Waals surface area (Å²) in [6.07, 6.45) is 0. The van der Waals surface area contributed by atoms with Crippen molar-refractivity contribution in [1.29, 1.82) is 0 Å². The molecule has 1 amide bonds.